The van der Waals surface area contributed by atoms with Crippen molar-refractivity contribution >= 4 is 22.2 Å². The fourth-order valence-corrected chi connectivity index (χ4v) is 4.85. The van der Waals surface area contributed by atoms with E-state index in [1.54, 1.807) is 24.3 Å². The molecule has 1 fully saturated rings. The molecule has 1 aromatic carbocycles. The quantitative estimate of drug-likeness (QED) is 0.795. The van der Waals surface area contributed by atoms with Crippen LogP contribution in [0.5, 0.6) is 0 Å². The first-order valence-electron chi connectivity index (χ1n) is 8.50. The summed E-state index contributed by atoms with van der Waals surface area (Å²) in [6.45, 7) is 6.80. The average molecular weight is 376 g/mol. The molecule has 1 atom stereocenters. The number of aliphatic hydroxyl groups excluding tert-OH is 1. The van der Waals surface area contributed by atoms with Crippen molar-refractivity contribution in [2.75, 3.05) is 26.2 Å². The number of likely N-dealkylation sites (tertiary alicyclic amines) is 1. The standard InChI is InChI=1S/C18H29NO3S.ClH/c1-18(2,23(21,22)17-9-4-3-5-10-17)11-7-13-19-12-6-8-16(14-19)15-20;/h3-5,9-10,16,20H,6-8,11-15H2,1-2H3;1H. The summed E-state index contributed by atoms with van der Waals surface area (Å²) in [5, 5.41) is 9.29. The van der Waals surface area contributed by atoms with E-state index >= 15 is 0 Å². The molecule has 0 spiro atoms. The third kappa shape index (κ3) is 5.19. The Morgan fingerprint density at radius 1 is 1.25 bits per heavy atom. The van der Waals surface area contributed by atoms with Gasteiger partial charge in [0.15, 0.2) is 9.84 Å². The third-order valence-electron chi connectivity index (χ3n) is 4.90. The maximum absolute atomic E-state index is 12.8. The Hall–Kier alpha value is -0.620. The lowest BCUT2D eigenvalue weighted by molar-refractivity contribution is 0.118. The Bertz CT molecular complexity index is 590. The van der Waals surface area contributed by atoms with Crippen LogP contribution in [0.15, 0.2) is 35.2 Å². The maximum Gasteiger partial charge on any atom is 0.183 e. The van der Waals surface area contributed by atoms with Crippen LogP contribution in [0, 0.1) is 5.92 Å². The van der Waals surface area contributed by atoms with Crippen LogP contribution in [0.3, 0.4) is 0 Å². The van der Waals surface area contributed by atoms with E-state index in [4.69, 9.17) is 0 Å². The minimum Gasteiger partial charge on any atom is -0.396 e. The van der Waals surface area contributed by atoms with Gasteiger partial charge in [-0.1, -0.05) is 18.2 Å². The highest BCUT2D eigenvalue weighted by Gasteiger charge is 2.35. The van der Waals surface area contributed by atoms with Crippen LogP contribution < -0.4 is 0 Å². The van der Waals surface area contributed by atoms with Crippen molar-refractivity contribution in [3.05, 3.63) is 30.3 Å². The number of piperidine rings is 1. The second-order valence-electron chi connectivity index (χ2n) is 7.17. The van der Waals surface area contributed by atoms with Crippen molar-refractivity contribution in [1.82, 2.24) is 4.90 Å². The normalized spacial score (nSPS) is 19.7. The highest BCUT2D eigenvalue weighted by Crippen LogP contribution is 2.29. The predicted molar refractivity (Wildman–Crippen MR) is 100 cm³/mol. The van der Waals surface area contributed by atoms with E-state index in [2.05, 4.69) is 4.90 Å². The summed E-state index contributed by atoms with van der Waals surface area (Å²) in [7, 11) is -3.32. The first-order valence-corrected chi connectivity index (χ1v) is 9.98. The summed E-state index contributed by atoms with van der Waals surface area (Å²) in [5.41, 5.74) is 0. The highest BCUT2D eigenvalue weighted by atomic mass is 35.5. The van der Waals surface area contributed by atoms with E-state index in [9.17, 15) is 13.5 Å². The molecule has 0 aliphatic carbocycles. The third-order valence-corrected chi connectivity index (χ3v) is 7.45. The summed E-state index contributed by atoms with van der Waals surface area (Å²) >= 11 is 0. The fraction of sp³-hybridized carbons (Fsp3) is 0.667. The Labute approximate surface area is 152 Å². The molecule has 1 heterocycles. The van der Waals surface area contributed by atoms with Crippen LogP contribution in [0.4, 0.5) is 0 Å². The number of benzene rings is 1. The zero-order valence-electron chi connectivity index (χ0n) is 14.6. The van der Waals surface area contributed by atoms with E-state index in [0.29, 0.717) is 17.2 Å². The molecular formula is C18H30ClNO3S. The van der Waals surface area contributed by atoms with Gasteiger partial charge >= 0.3 is 0 Å². The SMILES string of the molecule is CC(C)(CCCN1CCCC(CO)C1)S(=O)(=O)c1ccccc1.Cl. The second-order valence-corrected chi connectivity index (χ2v) is 9.75. The summed E-state index contributed by atoms with van der Waals surface area (Å²) in [4.78, 5) is 2.76. The van der Waals surface area contributed by atoms with Crippen molar-refractivity contribution in [1.29, 1.82) is 0 Å². The van der Waals surface area contributed by atoms with Crippen LogP contribution in [-0.2, 0) is 9.84 Å². The summed E-state index contributed by atoms with van der Waals surface area (Å²) in [6.07, 6.45) is 3.72. The molecule has 0 saturated carbocycles. The molecule has 1 saturated heterocycles. The number of rotatable bonds is 7. The summed E-state index contributed by atoms with van der Waals surface area (Å²) in [5.74, 6) is 0.379. The van der Waals surface area contributed by atoms with Gasteiger partial charge in [-0.15, -0.1) is 12.4 Å². The van der Waals surface area contributed by atoms with E-state index in [-0.39, 0.29) is 19.0 Å². The van der Waals surface area contributed by atoms with Gasteiger partial charge in [0.1, 0.15) is 0 Å². The van der Waals surface area contributed by atoms with Crippen molar-refractivity contribution < 1.29 is 13.5 Å². The number of sulfone groups is 1. The lowest BCUT2D eigenvalue weighted by Crippen LogP contribution is -2.38. The van der Waals surface area contributed by atoms with Gasteiger partial charge in [0, 0.05) is 13.2 Å². The molecule has 1 unspecified atom stereocenters. The molecule has 1 N–H and O–H groups in total. The number of aliphatic hydroxyl groups is 1. The summed E-state index contributed by atoms with van der Waals surface area (Å²) < 4.78 is 24.8. The molecular weight excluding hydrogens is 346 g/mol. The molecule has 0 bridgehead atoms. The lowest BCUT2D eigenvalue weighted by atomic mass is 9.98. The van der Waals surface area contributed by atoms with Gasteiger partial charge in [0.05, 0.1) is 9.64 Å². The molecule has 4 nitrogen and oxygen atoms in total. The van der Waals surface area contributed by atoms with Crippen LogP contribution in [-0.4, -0.2) is 49.4 Å². The molecule has 0 radical (unpaired) electrons. The van der Waals surface area contributed by atoms with Gasteiger partial charge < -0.3 is 10.0 Å². The first kappa shape index (κ1) is 21.4. The molecule has 0 amide bonds. The van der Waals surface area contributed by atoms with E-state index in [1.807, 2.05) is 19.9 Å². The molecule has 1 aliphatic rings. The Balaban J connectivity index is 0.00000288. The molecule has 6 heteroatoms. The number of hydrogen-bond acceptors (Lipinski definition) is 4. The molecule has 24 heavy (non-hydrogen) atoms. The van der Waals surface area contributed by atoms with Crippen molar-refractivity contribution in [3.63, 3.8) is 0 Å². The van der Waals surface area contributed by atoms with Gasteiger partial charge in [-0.3, -0.25) is 0 Å². The number of halogens is 1. The van der Waals surface area contributed by atoms with Crippen LogP contribution in [0.25, 0.3) is 0 Å². The first-order chi connectivity index (χ1) is 10.9. The summed E-state index contributed by atoms with van der Waals surface area (Å²) in [6, 6.07) is 8.72. The number of hydrogen-bond donors (Lipinski definition) is 1. The molecule has 1 aromatic rings. The zero-order chi connectivity index (χ0) is 16.9. The lowest BCUT2D eigenvalue weighted by Gasteiger charge is -2.33. The van der Waals surface area contributed by atoms with E-state index in [0.717, 1.165) is 38.9 Å². The van der Waals surface area contributed by atoms with Gasteiger partial charge in [-0.2, -0.15) is 0 Å². The van der Waals surface area contributed by atoms with Crippen LogP contribution in [0.1, 0.15) is 39.5 Å². The van der Waals surface area contributed by atoms with Crippen molar-refractivity contribution in [2.24, 2.45) is 5.92 Å². The monoisotopic (exact) mass is 375 g/mol. The highest BCUT2D eigenvalue weighted by molar-refractivity contribution is 7.92. The smallest absolute Gasteiger partial charge is 0.183 e. The van der Waals surface area contributed by atoms with Crippen molar-refractivity contribution in [3.8, 4) is 0 Å². The molecule has 1 aliphatic heterocycles. The van der Waals surface area contributed by atoms with Crippen LogP contribution in [0.2, 0.25) is 0 Å². The topological polar surface area (TPSA) is 57.6 Å². The Morgan fingerprint density at radius 2 is 1.92 bits per heavy atom. The minimum atomic E-state index is -3.32. The van der Waals surface area contributed by atoms with Crippen LogP contribution >= 0.6 is 12.4 Å². The minimum absolute atomic E-state index is 0. The maximum atomic E-state index is 12.8. The molecule has 0 aromatic heterocycles. The van der Waals surface area contributed by atoms with Gasteiger partial charge in [0.2, 0.25) is 0 Å². The number of nitrogens with zero attached hydrogens (tertiary/aromatic N) is 1. The molecule has 138 valence electrons. The largest absolute Gasteiger partial charge is 0.396 e. The van der Waals surface area contributed by atoms with E-state index in [1.165, 1.54) is 0 Å². The fourth-order valence-electron chi connectivity index (χ4n) is 3.28. The van der Waals surface area contributed by atoms with E-state index < -0.39 is 14.6 Å². The average Bonchev–Trinajstić information content (AvgIpc) is 2.55. The van der Waals surface area contributed by atoms with Gasteiger partial charge in [-0.05, 0) is 70.7 Å². The molecule has 2 rings (SSSR count). The van der Waals surface area contributed by atoms with Gasteiger partial charge in [0.25, 0.3) is 0 Å². The van der Waals surface area contributed by atoms with Gasteiger partial charge in [-0.25, -0.2) is 8.42 Å². The predicted octanol–water partition coefficient (Wildman–Crippen LogP) is 3.15. The Kier molecular flexibility index (Phi) is 8.20. The zero-order valence-corrected chi connectivity index (χ0v) is 16.3. The second kappa shape index (κ2) is 9.18. The Morgan fingerprint density at radius 3 is 2.54 bits per heavy atom. The van der Waals surface area contributed by atoms with Crippen molar-refractivity contribution in [2.45, 2.75) is 49.2 Å².